The lowest BCUT2D eigenvalue weighted by molar-refractivity contribution is 0.147. The van der Waals surface area contributed by atoms with Crippen LogP contribution in [0.2, 0.25) is 0 Å². The molecule has 5 rings (SSSR count). The van der Waals surface area contributed by atoms with Gasteiger partial charge in [-0.3, -0.25) is 14.8 Å². The molecule has 0 fully saturated rings. The van der Waals surface area contributed by atoms with E-state index in [9.17, 15) is 4.79 Å². The van der Waals surface area contributed by atoms with E-state index in [4.69, 9.17) is 14.0 Å². The summed E-state index contributed by atoms with van der Waals surface area (Å²) in [6.45, 7) is 8.54. The van der Waals surface area contributed by atoms with Crippen LogP contribution in [0.3, 0.4) is 0 Å². The van der Waals surface area contributed by atoms with E-state index in [1.165, 1.54) is 10.9 Å². The van der Waals surface area contributed by atoms with E-state index in [-0.39, 0.29) is 6.03 Å². The Kier molecular flexibility index (Phi) is 5.83. The second-order valence-electron chi connectivity index (χ2n) is 8.10. The highest BCUT2D eigenvalue weighted by Gasteiger charge is 2.25. The zero-order valence-electron chi connectivity index (χ0n) is 18.9. The first-order valence-corrected chi connectivity index (χ1v) is 10.8. The van der Waals surface area contributed by atoms with Gasteiger partial charge in [-0.2, -0.15) is 0 Å². The third kappa shape index (κ3) is 4.28. The van der Waals surface area contributed by atoms with E-state index in [2.05, 4.69) is 31.9 Å². The maximum Gasteiger partial charge on any atom is 0.331 e. The van der Waals surface area contributed by atoms with Crippen LogP contribution in [0.4, 0.5) is 10.6 Å². The molecule has 10 nitrogen and oxygen atoms in total. The number of amides is 1. The summed E-state index contributed by atoms with van der Waals surface area (Å²) in [4.78, 5) is 23.8. The fraction of sp³-hybridized carbons (Fsp3) is 0.250. The van der Waals surface area contributed by atoms with Crippen molar-refractivity contribution in [3.05, 3.63) is 66.5 Å². The van der Waals surface area contributed by atoms with Crippen LogP contribution in [0.1, 0.15) is 23.9 Å². The summed E-state index contributed by atoms with van der Waals surface area (Å²) in [5.41, 5.74) is 3.40. The molecule has 4 heterocycles. The number of hydrogen-bond acceptors (Lipinski definition) is 8. The number of fused-ring (bicyclic) bond motifs is 2. The van der Waals surface area contributed by atoms with Gasteiger partial charge in [0.05, 0.1) is 23.4 Å². The van der Waals surface area contributed by atoms with Crippen molar-refractivity contribution in [3.8, 4) is 11.6 Å². The van der Waals surface area contributed by atoms with Gasteiger partial charge in [-0.15, -0.1) is 0 Å². The SMILES string of the molecule is C=C(C)c1cc(NC(=O)n2ccc3cc(Oc4ncnc5c4CN(CCOC)C5)ccc32)no1. The average molecular weight is 460 g/mol. The van der Waals surface area contributed by atoms with Crippen molar-refractivity contribution < 1.29 is 18.8 Å². The number of carbonyl (C=O) groups excluding carboxylic acids is 1. The number of benzene rings is 1. The predicted octanol–water partition coefficient (Wildman–Crippen LogP) is 4.29. The van der Waals surface area contributed by atoms with Crippen molar-refractivity contribution in [1.29, 1.82) is 0 Å². The van der Waals surface area contributed by atoms with Crippen LogP contribution in [0.25, 0.3) is 16.5 Å². The lowest BCUT2D eigenvalue weighted by atomic mass is 10.2. The quantitative estimate of drug-likeness (QED) is 0.435. The normalized spacial score (nSPS) is 13.2. The van der Waals surface area contributed by atoms with Crippen LogP contribution in [0.15, 0.2) is 54.0 Å². The number of anilines is 1. The molecular weight excluding hydrogens is 436 g/mol. The smallest absolute Gasteiger partial charge is 0.331 e. The minimum Gasteiger partial charge on any atom is -0.439 e. The van der Waals surface area contributed by atoms with Crippen molar-refractivity contribution >= 4 is 28.3 Å². The zero-order chi connectivity index (χ0) is 23.7. The molecule has 0 unspecified atom stereocenters. The van der Waals surface area contributed by atoms with E-state index < -0.39 is 0 Å². The highest BCUT2D eigenvalue weighted by Crippen LogP contribution is 2.32. The van der Waals surface area contributed by atoms with E-state index >= 15 is 0 Å². The van der Waals surface area contributed by atoms with Gasteiger partial charge in [0.15, 0.2) is 11.6 Å². The Bertz CT molecular complexity index is 1380. The molecule has 0 spiro atoms. The van der Waals surface area contributed by atoms with Crippen molar-refractivity contribution in [3.63, 3.8) is 0 Å². The van der Waals surface area contributed by atoms with Gasteiger partial charge in [-0.1, -0.05) is 11.7 Å². The number of rotatable bonds is 7. The van der Waals surface area contributed by atoms with Gasteiger partial charge < -0.3 is 14.0 Å². The minimum absolute atomic E-state index is 0.321. The Labute approximate surface area is 195 Å². The summed E-state index contributed by atoms with van der Waals surface area (Å²) in [7, 11) is 1.69. The zero-order valence-corrected chi connectivity index (χ0v) is 18.9. The van der Waals surface area contributed by atoms with Gasteiger partial charge in [-0.25, -0.2) is 14.8 Å². The molecule has 174 valence electrons. The second-order valence-corrected chi connectivity index (χ2v) is 8.10. The van der Waals surface area contributed by atoms with Crippen LogP contribution in [0, 0.1) is 0 Å². The standard InChI is InChI=1S/C24H24N6O4/c1-15(2)21-11-22(28-34-21)27-24(31)30-7-6-16-10-17(4-5-20(16)30)33-23-18-12-29(8-9-32-3)13-19(18)25-14-26-23/h4-7,10-11,14H,1,8-9,12-13H2,2-3H3,(H,27,28,31). The van der Waals surface area contributed by atoms with Gasteiger partial charge in [-0.05, 0) is 36.8 Å². The predicted molar refractivity (Wildman–Crippen MR) is 126 cm³/mol. The maximum atomic E-state index is 12.8. The third-order valence-corrected chi connectivity index (χ3v) is 5.62. The molecule has 1 aliphatic heterocycles. The van der Waals surface area contributed by atoms with Crippen molar-refractivity contribution in [2.24, 2.45) is 0 Å². The molecule has 10 heteroatoms. The molecule has 0 bridgehead atoms. The molecule has 0 aliphatic carbocycles. The Balaban J connectivity index is 1.32. The molecular formula is C24H24N6O4. The monoisotopic (exact) mass is 460 g/mol. The van der Waals surface area contributed by atoms with Crippen LogP contribution in [-0.2, 0) is 17.8 Å². The molecule has 1 amide bonds. The number of ether oxygens (including phenoxy) is 2. The first kappa shape index (κ1) is 21.8. The molecule has 0 atom stereocenters. The average Bonchev–Trinajstić information content (AvgIpc) is 3.55. The summed E-state index contributed by atoms with van der Waals surface area (Å²) >= 11 is 0. The van der Waals surface area contributed by atoms with Gasteiger partial charge in [0, 0.05) is 44.4 Å². The van der Waals surface area contributed by atoms with Gasteiger partial charge in [0.2, 0.25) is 5.88 Å². The topological polar surface area (TPSA) is 108 Å². The molecule has 0 saturated carbocycles. The maximum absolute atomic E-state index is 12.8. The Morgan fingerprint density at radius 1 is 1.24 bits per heavy atom. The highest BCUT2D eigenvalue weighted by atomic mass is 16.5. The van der Waals surface area contributed by atoms with Crippen molar-refractivity contribution in [2.75, 3.05) is 25.6 Å². The Hall–Kier alpha value is -4.02. The minimum atomic E-state index is -0.352. The number of hydrogen-bond donors (Lipinski definition) is 1. The number of carbonyl (C=O) groups is 1. The van der Waals surface area contributed by atoms with E-state index in [1.54, 1.807) is 26.3 Å². The first-order valence-electron chi connectivity index (χ1n) is 10.8. The Morgan fingerprint density at radius 3 is 2.91 bits per heavy atom. The molecule has 34 heavy (non-hydrogen) atoms. The van der Waals surface area contributed by atoms with Gasteiger partial charge in [0.1, 0.15) is 12.1 Å². The number of aromatic nitrogens is 4. The lowest BCUT2D eigenvalue weighted by Gasteiger charge is -2.13. The largest absolute Gasteiger partial charge is 0.439 e. The fourth-order valence-corrected chi connectivity index (χ4v) is 3.86. The van der Waals surface area contributed by atoms with Crippen LogP contribution in [0.5, 0.6) is 11.6 Å². The summed E-state index contributed by atoms with van der Waals surface area (Å²) < 4.78 is 18.0. The Morgan fingerprint density at radius 2 is 2.12 bits per heavy atom. The van der Waals surface area contributed by atoms with Crippen molar-refractivity contribution in [1.82, 2.24) is 24.6 Å². The molecule has 1 aromatic carbocycles. The van der Waals surface area contributed by atoms with Crippen LogP contribution >= 0.6 is 0 Å². The van der Waals surface area contributed by atoms with Crippen molar-refractivity contribution in [2.45, 2.75) is 20.0 Å². The molecule has 4 aromatic rings. The van der Waals surface area contributed by atoms with E-state index in [0.717, 1.165) is 40.8 Å². The number of nitrogens with one attached hydrogen (secondary N) is 1. The van der Waals surface area contributed by atoms with Gasteiger partial charge >= 0.3 is 6.03 Å². The molecule has 3 aromatic heterocycles. The van der Waals surface area contributed by atoms with Gasteiger partial charge in [0.25, 0.3) is 0 Å². The second kappa shape index (κ2) is 9.08. The number of allylic oxidation sites excluding steroid dienone is 1. The first-order chi connectivity index (χ1) is 16.5. The summed E-state index contributed by atoms with van der Waals surface area (Å²) in [5, 5.41) is 7.43. The third-order valence-electron chi connectivity index (χ3n) is 5.62. The summed E-state index contributed by atoms with van der Waals surface area (Å²) in [6.07, 6.45) is 3.22. The molecule has 1 N–H and O–H groups in total. The summed E-state index contributed by atoms with van der Waals surface area (Å²) in [6, 6.07) is 8.65. The van der Waals surface area contributed by atoms with Crippen LogP contribution < -0.4 is 10.1 Å². The van der Waals surface area contributed by atoms with E-state index in [1.807, 2.05) is 24.3 Å². The summed E-state index contributed by atoms with van der Waals surface area (Å²) in [5.74, 6) is 2.01. The number of methoxy groups -OCH3 is 1. The molecule has 0 saturated heterocycles. The van der Waals surface area contributed by atoms with Crippen LogP contribution in [-0.4, -0.2) is 50.9 Å². The fourth-order valence-electron chi connectivity index (χ4n) is 3.86. The molecule has 0 radical (unpaired) electrons. The van der Waals surface area contributed by atoms with E-state index in [0.29, 0.717) is 36.4 Å². The lowest BCUT2D eigenvalue weighted by Crippen LogP contribution is -2.21. The number of nitrogens with zero attached hydrogens (tertiary/aromatic N) is 5. The molecule has 1 aliphatic rings. The highest BCUT2D eigenvalue weighted by molar-refractivity contribution is 5.98.